The maximum Gasteiger partial charge on any atom is 0.159 e. The van der Waals surface area contributed by atoms with Crippen LogP contribution in [0.15, 0.2) is 29.3 Å². The lowest BCUT2D eigenvalue weighted by atomic mass is 10.1. The van der Waals surface area contributed by atoms with Crippen LogP contribution in [0.1, 0.15) is 12.5 Å². The van der Waals surface area contributed by atoms with Crippen molar-refractivity contribution in [3.05, 3.63) is 29.8 Å². The number of amidine groups is 1. The van der Waals surface area contributed by atoms with Crippen molar-refractivity contribution < 1.29 is 0 Å². The van der Waals surface area contributed by atoms with E-state index in [-0.39, 0.29) is 0 Å². The average Bonchev–Trinajstić information content (AvgIpc) is 2.21. The summed E-state index contributed by atoms with van der Waals surface area (Å²) in [5.41, 5.74) is 13.4. The largest absolute Gasteiger partial charge is 0.378 e. The Morgan fingerprint density at radius 2 is 2.13 bits per heavy atom. The van der Waals surface area contributed by atoms with Gasteiger partial charge < -0.3 is 11.5 Å². The van der Waals surface area contributed by atoms with Crippen LogP contribution < -0.4 is 11.5 Å². The zero-order chi connectivity index (χ0) is 11.1. The van der Waals surface area contributed by atoms with Crippen molar-refractivity contribution in [2.75, 3.05) is 12.3 Å². The van der Waals surface area contributed by atoms with E-state index in [1.54, 1.807) is 11.8 Å². The molecule has 4 N–H and O–H groups in total. The quantitative estimate of drug-likeness (QED) is 0.605. The number of benzene rings is 1. The molecule has 0 aliphatic rings. The lowest BCUT2D eigenvalue weighted by Gasteiger charge is -2.04. The highest BCUT2D eigenvalue weighted by Crippen LogP contribution is 2.20. The van der Waals surface area contributed by atoms with Crippen molar-refractivity contribution in [2.45, 2.75) is 13.3 Å². The Labute approximate surface area is 95.0 Å². The van der Waals surface area contributed by atoms with E-state index < -0.39 is 0 Å². The summed E-state index contributed by atoms with van der Waals surface area (Å²) < 4.78 is 0. The summed E-state index contributed by atoms with van der Waals surface area (Å²) in [6.45, 7) is 2.69. The topological polar surface area (TPSA) is 64.4 Å². The minimum atomic E-state index is 0.613. The van der Waals surface area contributed by atoms with Crippen LogP contribution in [0.3, 0.4) is 0 Å². The molecule has 0 bridgehead atoms. The molecule has 4 heteroatoms. The molecule has 0 saturated heterocycles. The van der Waals surface area contributed by atoms with E-state index in [1.807, 2.05) is 24.3 Å². The van der Waals surface area contributed by atoms with Crippen LogP contribution in [0.25, 0.3) is 0 Å². The maximum absolute atomic E-state index is 5.76. The number of nitrogens with two attached hydrogens (primary N) is 2. The van der Waals surface area contributed by atoms with E-state index in [1.165, 1.54) is 0 Å². The van der Waals surface area contributed by atoms with Gasteiger partial charge in [0.05, 0.1) is 5.69 Å². The summed E-state index contributed by atoms with van der Waals surface area (Å²) in [4.78, 5) is 4.37. The lowest BCUT2D eigenvalue weighted by molar-refractivity contribution is 0.968. The summed E-state index contributed by atoms with van der Waals surface area (Å²) in [6, 6.07) is 7.96. The second-order valence-electron chi connectivity index (χ2n) is 3.05. The van der Waals surface area contributed by atoms with Gasteiger partial charge in [-0.15, -0.1) is 0 Å². The fraction of sp³-hybridized carbons (Fsp3) is 0.364. The van der Waals surface area contributed by atoms with Crippen LogP contribution in [0.4, 0.5) is 5.69 Å². The molecule has 82 valence electrons. The predicted octanol–water partition coefficient (Wildman–Crippen LogP) is 1.89. The third-order valence-corrected chi connectivity index (χ3v) is 2.60. The number of para-hydroxylation sites is 1. The van der Waals surface area contributed by atoms with Gasteiger partial charge in [-0.3, -0.25) is 0 Å². The Bertz CT molecular complexity index is 336. The third kappa shape index (κ3) is 3.93. The molecule has 0 radical (unpaired) electrons. The first-order chi connectivity index (χ1) is 7.27. The molecular weight excluding hydrogens is 206 g/mol. The van der Waals surface area contributed by atoms with Crippen molar-refractivity contribution in [1.82, 2.24) is 0 Å². The van der Waals surface area contributed by atoms with Crippen LogP contribution in [0.2, 0.25) is 0 Å². The molecule has 3 nitrogen and oxygen atoms in total. The first kappa shape index (κ1) is 12.1. The number of aliphatic imine (C=N–C) groups is 1. The second kappa shape index (κ2) is 6.48. The van der Waals surface area contributed by atoms with Crippen LogP contribution in [0, 0.1) is 0 Å². The summed E-state index contributed by atoms with van der Waals surface area (Å²) in [6.07, 6.45) is 0.837. The minimum Gasteiger partial charge on any atom is -0.378 e. The number of nitrogens with zero attached hydrogens (tertiary/aromatic N) is 1. The van der Waals surface area contributed by atoms with Gasteiger partial charge in [-0.2, -0.15) is 0 Å². The Kier molecular flexibility index (Phi) is 5.21. The number of thioether (sulfide) groups is 1. The van der Waals surface area contributed by atoms with E-state index in [0.717, 1.165) is 23.4 Å². The molecule has 15 heavy (non-hydrogen) atoms. The van der Waals surface area contributed by atoms with Crippen LogP contribution >= 0.6 is 11.8 Å². The zero-order valence-electron chi connectivity index (χ0n) is 8.94. The summed E-state index contributed by atoms with van der Waals surface area (Å²) in [5.74, 6) is 0.939. The number of rotatable bonds is 4. The fourth-order valence-corrected chi connectivity index (χ4v) is 1.74. The Morgan fingerprint density at radius 3 is 2.80 bits per heavy atom. The minimum absolute atomic E-state index is 0.613. The highest BCUT2D eigenvalue weighted by molar-refractivity contribution is 8.13. The van der Waals surface area contributed by atoms with Gasteiger partial charge in [-0.1, -0.05) is 36.9 Å². The van der Waals surface area contributed by atoms with Gasteiger partial charge in [-0.05, 0) is 30.3 Å². The zero-order valence-corrected chi connectivity index (χ0v) is 9.76. The molecule has 0 amide bonds. The van der Waals surface area contributed by atoms with E-state index in [4.69, 9.17) is 11.5 Å². The second-order valence-corrected chi connectivity index (χ2v) is 4.33. The van der Waals surface area contributed by atoms with Gasteiger partial charge in [0, 0.05) is 0 Å². The van der Waals surface area contributed by atoms with Crippen molar-refractivity contribution >= 4 is 22.6 Å². The van der Waals surface area contributed by atoms with Gasteiger partial charge in [0.15, 0.2) is 5.17 Å². The molecule has 0 fully saturated rings. The molecule has 0 aliphatic heterocycles. The smallest absolute Gasteiger partial charge is 0.159 e. The normalized spacial score (nSPS) is 11.7. The number of hydrogen-bond donors (Lipinski definition) is 2. The first-order valence-electron chi connectivity index (χ1n) is 5.02. The fourth-order valence-electron chi connectivity index (χ4n) is 1.29. The molecule has 0 atom stereocenters. The highest BCUT2D eigenvalue weighted by atomic mass is 32.2. The molecule has 0 heterocycles. The Hall–Kier alpha value is -1.00. The summed E-state index contributed by atoms with van der Waals surface area (Å²) in [5, 5.41) is 0.613. The SMILES string of the molecule is CCSC(N)=Nc1ccccc1CCN. The highest BCUT2D eigenvalue weighted by Gasteiger charge is 2.00. The summed E-state index contributed by atoms with van der Waals surface area (Å²) >= 11 is 1.55. The lowest BCUT2D eigenvalue weighted by Crippen LogP contribution is -2.07. The third-order valence-electron chi connectivity index (χ3n) is 1.93. The summed E-state index contributed by atoms with van der Waals surface area (Å²) in [7, 11) is 0. The molecule has 1 aromatic rings. The van der Waals surface area contributed by atoms with E-state index in [9.17, 15) is 0 Å². The van der Waals surface area contributed by atoms with Crippen LogP contribution in [0.5, 0.6) is 0 Å². The molecular formula is C11H17N3S. The van der Waals surface area contributed by atoms with Crippen molar-refractivity contribution in [3.8, 4) is 0 Å². The molecule has 0 saturated carbocycles. The monoisotopic (exact) mass is 223 g/mol. The van der Waals surface area contributed by atoms with Gasteiger partial charge in [0.1, 0.15) is 0 Å². The first-order valence-corrected chi connectivity index (χ1v) is 6.01. The Balaban J connectivity index is 2.87. The average molecular weight is 223 g/mol. The van der Waals surface area contributed by atoms with E-state index in [0.29, 0.717) is 11.7 Å². The molecule has 0 aliphatic carbocycles. The predicted molar refractivity (Wildman–Crippen MR) is 68.6 cm³/mol. The molecule has 0 unspecified atom stereocenters. The van der Waals surface area contributed by atoms with E-state index >= 15 is 0 Å². The Morgan fingerprint density at radius 1 is 1.40 bits per heavy atom. The van der Waals surface area contributed by atoms with Crippen molar-refractivity contribution in [1.29, 1.82) is 0 Å². The van der Waals surface area contributed by atoms with Crippen LogP contribution in [-0.4, -0.2) is 17.5 Å². The number of hydrogen-bond acceptors (Lipinski definition) is 3. The van der Waals surface area contributed by atoms with Crippen LogP contribution in [-0.2, 0) is 6.42 Å². The van der Waals surface area contributed by atoms with Gasteiger partial charge in [0.25, 0.3) is 0 Å². The molecule has 1 aromatic carbocycles. The standard InChI is InChI=1S/C11H17N3S/c1-2-15-11(13)14-10-6-4-3-5-9(10)7-8-12/h3-6H,2,7-8,12H2,1H3,(H2,13,14). The molecule has 1 rings (SSSR count). The maximum atomic E-state index is 5.76. The van der Waals surface area contributed by atoms with Crippen molar-refractivity contribution in [2.24, 2.45) is 16.5 Å². The molecule has 0 spiro atoms. The van der Waals surface area contributed by atoms with Crippen molar-refractivity contribution in [3.63, 3.8) is 0 Å². The van der Waals surface area contributed by atoms with Gasteiger partial charge in [-0.25, -0.2) is 4.99 Å². The van der Waals surface area contributed by atoms with Gasteiger partial charge in [0.2, 0.25) is 0 Å². The molecule has 0 aromatic heterocycles. The van der Waals surface area contributed by atoms with Gasteiger partial charge >= 0.3 is 0 Å². The van der Waals surface area contributed by atoms with E-state index in [2.05, 4.69) is 11.9 Å².